The van der Waals surface area contributed by atoms with E-state index in [0.29, 0.717) is 18.6 Å². The van der Waals surface area contributed by atoms with Crippen LogP contribution in [0, 0.1) is 0 Å². The van der Waals surface area contributed by atoms with Crippen LogP contribution in [0.2, 0.25) is 5.02 Å². The van der Waals surface area contributed by atoms with Crippen molar-refractivity contribution in [1.29, 1.82) is 0 Å². The van der Waals surface area contributed by atoms with E-state index in [2.05, 4.69) is 4.72 Å². The monoisotopic (exact) mass is 319 g/mol. The van der Waals surface area contributed by atoms with Gasteiger partial charge in [-0.15, -0.1) is 0 Å². The highest BCUT2D eigenvalue weighted by atomic mass is 35.5. The van der Waals surface area contributed by atoms with Gasteiger partial charge in [0.05, 0.1) is 23.1 Å². The molecule has 2 rings (SSSR count). The number of halogens is 1. The number of ether oxygens (including phenoxy) is 1. The van der Waals surface area contributed by atoms with Crippen LogP contribution in [0.15, 0.2) is 23.1 Å². The predicted octanol–water partition coefficient (Wildman–Crippen LogP) is 1.68. The molecule has 0 radical (unpaired) electrons. The van der Waals surface area contributed by atoms with Gasteiger partial charge in [-0.1, -0.05) is 17.7 Å². The molecule has 1 aliphatic heterocycles. The van der Waals surface area contributed by atoms with Crippen LogP contribution in [0.25, 0.3) is 0 Å². The Morgan fingerprint density at radius 1 is 1.55 bits per heavy atom. The summed E-state index contributed by atoms with van der Waals surface area (Å²) in [6.07, 6.45) is 0.431. The number of rotatable bonds is 4. The zero-order valence-electron chi connectivity index (χ0n) is 11.4. The minimum Gasteiger partial charge on any atom is -0.392 e. The molecule has 0 spiro atoms. The molecule has 7 heteroatoms. The summed E-state index contributed by atoms with van der Waals surface area (Å²) in [5.74, 6) is 0. The summed E-state index contributed by atoms with van der Waals surface area (Å²) in [6, 6.07) is 4.29. The molecule has 0 amide bonds. The van der Waals surface area contributed by atoms with Crippen molar-refractivity contribution < 1.29 is 18.3 Å². The van der Waals surface area contributed by atoms with E-state index in [1.165, 1.54) is 18.2 Å². The summed E-state index contributed by atoms with van der Waals surface area (Å²) in [6.45, 7) is 3.98. The smallest absolute Gasteiger partial charge is 0.241 e. The van der Waals surface area contributed by atoms with Crippen molar-refractivity contribution in [2.45, 2.75) is 43.4 Å². The van der Waals surface area contributed by atoms with Crippen LogP contribution in [0.3, 0.4) is 0 Å². The van der Waals surface area contributed by atoms with Crippen LogP contribution in [-0.2, 0) is 21.4 Å². The lowest BCUT2D eigenvalue weighted by Gasteiger charge is -2.28. The van der Waals surface area contributed by atoms with E-state index in [-0.39, 0.29) is 22.6 Å². The Balaban J connectivity index is 2.29. The van der Waals surface area contributed by atoms with Gasteiger partial charge in [0.15, 0.2) is 0 Å². The lowest BCUT2D eigenvalue weighted by molar-refractivity contribution is 0.0957. The van der Waals surface area contributed by atoms with Crippen molar-refractivity contribution in [3.8, 4) is 0 Å². The molecule has 0 saturated carbocycles. The molecular formula is C13H18ClNO4S. The normalized spacial score (nSPS) is 26.9. The van der Waals surface area contributed by atoms with E-state index >= 15 is 0 Å². The summed E-state index contributed by atoms with van der Waals surface area (Å²) in [4.78, 5) is 0.0834. The molecule has 1 fully saturated rings. The fourth-order valence-electron chi connectivity index (χ4n) is 2.16. The highest BCUT2D eigenvalue weighted by Gasteiger charge is 2.40. The molecular weight excluding hydrogens is 302 g/mol. The quantitative estimate of drug-likeness (QED) is 0.885. The summed E-state index contributed by atoms with van der Waals surface area (Å²) in [5, 5.41) is 9.28. The van der Waals surface area contributed by atoms with Crippen LogP contribution in [0.5, 0.6) is 0 Å². The Bertz CT molecular complexity index is 604. The third-order valence-electron chi connectivity index (χ3n) is 3.76. The van der Waals surface area contributed by atoms with Gasteiger partial charge >= 0.3 is 0 Å². The van der Waals surface area contributed by atoms with Gasteiger partial charge in [0.2, 0.25) is 10.0 Å². The minimum atomic E-state index is -3.68. The van der Waals surface area contributed by atoms with Gasteiger partial charge in [-0.25, -0.2) is 13.1 Å². The molecule has 1 heterocycles. The highest BCUT2D eigenvalue weighted by molar-refractivity contribution is 7.89. The maximum Gasteiger partial charge on any atom is 0.241 e. The molecule has 1 saturated heterocycles. The Morgan fingerprint density at radius 3 is 2.75 bits per heavy atom. The first kappa shape index (κ1) is 15.7. The second-order valence-corrected chi connectivity index (χ2v) is 7.29. The minimum absolute atomic E-state index is 0.0834. The Morgan fingerprint density at radius 2 is 2.25 bits per heavy atom. The van der Waals surface area contributed by atoms with E-state index in [4.69, 9.17) is 21.4 Å². The highest BCUT2D eigenvalue weighted by Crippen LogP contribution is 2.28. The largest absolute Gasteiger partial charge is 0.392 e. The van der Waals surface area contributed by atoms with Crippen molar-refractivity contribution in [2.24, 2.45) is 0 Å². The summed E-state index contributed by atoms with van der Waals surface area (Å²) in [7, 11) is -3.68. The van der Waals surface area contributed by atoms with E-state index in [0.717, 1.165) is 0 Å². The maximum atomic E-state index is 12.4. The van der Waals surface area contributed by atoms with Gasteiger partial charge in [-0.05, 0) is 38.0 Å². The van der Waals surface area contributed by atoms with Crippen molar-refractivity contribution >= 4 is 21.6 Å². The molecule has 0 bridgehead atoms. The molecule has 112 valence electrons. The SMILES string of the molecule is CC1OCCC1(C)NS(=O)(=O)c1ccc(CO)c(Cl)c1. The summed E-state index contributed by atoms with van der Waals surface area (Å²) >= 11 is 5.94. The van der Waals surface area contributed by atoms with Crippen LogP contribution < -0.4 is 4.72 Å². The van der Waals surface area contributed by atoms with E-state index in [1.807, 2.05) is 13.8 Å². The Labute approximate surface area is 124 Å². The fourth-order valence-corrected chi connectivity index (χ4v) is 3.98. The fraction of sp³-hybridized carbons (Fsp3) is 0.538. The first-order valence-electron chi connectivity index (χ1n) is 6.33. The number of hydrogen-bond acceptors (Lipinski definition) is 4. The summed E-state index contributed by atoms with van der Waals surface area (Å²) in [5.41, 5.74) is -0.129. The number of nitrogens with one attached hydrogen (secondary N) is 1. The molecule has 2 atom stereocenters. The molecule has 20 heavy (non-hydrogen) atoms. The van der Waals surface area contributed by atoms with Gasteiger partial charge in [-0.2, -0.15) is 0 Å². The predicted molar refractivity (Wildman–Crippen MR) is 76.1 cm³/mol. The molecule has 2 N–H and O–H groups in total. The maximum absolute atomic E-state index is 12.4. The first-order chi connectivity index (χ1) is 9.28. The Kier molecular flexibility index (Phi) is 4.41. The van der Waals surface area contributed by atoms with Crippen molar-refractivity contribution in [3.05, 3.63) is 28.8 Å². The third kappa shape index (κ3) is 2.99. The van der Waals surface area contributed by atoms with Gasteiger partial charge in [0, 0.05) is 11.6 Å². The van der Waals surface area contributed by atoms with Gasteiger partial charge in [0.25, 0.3) is 0 Å². The van der Waals surface area contributed by atoms with E-state index < -0.39 is 15.6 Å². The summed E-state index contributed by atoms with van der Waals surface area (Å²) < 4.78 is 32.9. The molecule has 2 unspecified atom stereocenters. The zero-order chi connectivity index (χ0) is 15.0. The number of sulfonamides is 1. The molecule has 1 aromatic rings. The lowest BCUT2D eigenvalue weighted by Crippen LogP contribution is -2.50. The van der Waals surface area contributed by atoms with Crippen molar-refractivity contribution in [2.75, 3.05) is 6.61 Å². The Hall–Kier alpha value is -0.660. The number of benzene rings is 1. The number of hydrogen-bond donors (Lipinski definition) is 2. The topological polar surface area (TPSA) is 75.6 Å². The van der Waals surface area contributed by atoms with Gasteiger partial charge < -0.3 is 9.84 Å². The van der Waals surface area contributed by atoms with Crippen LogP contribution in [0.1, 0.15) is 25.8 Å². The number of aliphatic hydroxyl groups is 1. The van der Waals surface area contributed by atoms with Gasteiger partial charge in [-0.3, -0.25) is 0 Å². The molecule has 0 aliphatic carbocycles. The average Bonchev–Trinajstić information content (AvgIpc) is 2.68. The van der Waals surface area contributed by atoms with E-state index in [1.54, 1.807) is 0 Å². The van der Waals surface area contributed by atoms with Crippen LogP contribution >= 0.6 is 11.6 Å². The van der Waals surface area contributed by atoms with E-state index in [9.17, 15) is 8.42 Å². The molecule has 1 aliphatic rings. The molecule has 1 aromatic carbocycles. The van der Waals surface area contributed by atoms with Crippen LogP contribution in [-0.4, -0.2) is 31.8 Å². The molecule has 5 nitrogen and oxygen atoms in total. The standard InChI is InChI=1S/C13H18ClNO4S/c1-9-13(2,5-6-19-9)15-20(17,18)11-4-3-10(8-16)12(14)7-11/h3-4,7,9,15-16H,5-6,8H2,1-2H3. The number of aliphatic hydroxyl groups excluding tert-OH is 1. The first-order valence-corrected chi connectivity index (χ1v) is 8.19. The van der Waals surface area contributed by atoms with Crippen molar-refractivity contribution in [1.82, 2.24) is 4.72 Å². The van der Waals surface area contributed by atoms with Gasteiger partial charge in [0.1, 0.15) is 0 Å². The van der Waals surface area contributed by atoms with Crippen LogP contribution in [0.4, 0.5) is 0 Å². The van der Waals surface area contributed by atoms with Crippen molar-refractivity contribution in [3.63, 3.8) is 0 Å². The second kappa shape index (κ2) is 5.61. The molecule has 0 aromatic heterocycles. The average molecular weight is 320 g/mol. The third-order valence-corrected chi connectivity index (χ3v) is 5.72. The second-order valence-electron chi connectivity index (χ2n) is 5.20. The zero-order valence-corrected chi connectivity index (χ0v) is 13.0. The lowest BCUT2D eigenvalue weighted by atomic mass is 9.97.